The molecule has 2 fully saturated rings. The number of amides is 1. The van der Waals surface area contributed by atoms with Crippen LogP contribution < -0.4 is 11.1 Å². The third-order valence-corrected chi connectivity index (χ3v) is 4.72. The molecule has 0 radical (unpaired) electrons. The summed E-state index contributed by atoms with van der Waals surface area (Å²) in [5.74, 6) is 0.985. The lowest BCUT2D eigenvalue weighted by Gasteiger charge is -2.36. The fourth-order valence-electron chi connectivity index (χ4n) is 3.12. The first-order valence-electron chi connectivity index (χ1n) is 8.30. The van der Waals surface area contributed by atoms with E-state index in [4.69, 9.17) is 10.5 Å². The molecule has 5 nitrogen and oxygen atoms in total. The summed E-state index contributed by atoms with van der Waals surface area (Å²) < 4.78 is 5.43. The Labute approximate surface area is 128 Å². The number of rotatable bonds is 7. The van der Waals surface area contributed by atoms with E-state index in [0.29, 0.717) is 24.4 Å². The van der Waals surface area contributed by atoms with Gasteiger partial charge in [0.25, 0.3) is 0 Å². The van der Waals surface area contributed by atoms with E-state index in [1.807, 2.05) is 6.92 Å². The molecule has 1 saturated heterocycles. The number of nitrogens with zero attached hydrogens (tertiary/aromatic N) is 1. The van der Waals surface area contributed by atoms with E-state index in [-0.39, 0.29) is 5.91 Å². The molecule has 0 aromatic carbocycles. The Morgan fingerprint density at radius 3 is 2.52 bits per heavy atom. The molecule has 0 spiro atoms. The number of carbonyl (C=O) groups excluding carboxylic acids is 1. The standard InChI is InChI=1S/C16H31N3O2/c1-12(2)10-14(19-6-8-21-9-7-19)11-18-15(20)16(3,17)13-4-5-13/h12-14H,4-11,17H2,1-3H3,(H,18,20). The number of hydrogen-bond acceptors (Lipinski definition) is 4. The smallest absolute Gasteiger partial charge is 0.240 e. The fraction of sp³-hybridized carbons (Fsp3) is 0.938. The quantitative estimate of drug-likeness (QED) is 0.735. The Hall–Kier alpha value is -0.650. The summed E-state index contributed by atoms with van der Waals surface area (Å²) in [5, 5.41) is 3.10. The van der Waals surface area contributed by atoms with Crippen LogP contribution in [0.15, 0.2) is 0 Å². The Morgan fingerprint density at radius 1 is 1.38 bits per heavy atom. The van der Waals surface area contributed by atoms with Gasteiger partial charge in [0, 0.05) is 25.7 Å². The second-order valence-electron chi connectivity index (χ2n) is 7.20. The van der Waals surface area contributed by atoms with Crippen molar-refractivity contribution >= 4 is 5.91 Å². The molecule has 2 aliphatic rings. The molecule has 0 bridgehead atoms. The van der Waals surface area contributed by atoms with Crippen LogP contribution in [0.3, 0.4) is 0 Å². The number of nitrogens with two attached hydrogens (primary N) is 1. The molecular formula is C16H31N3O2. The number of nitrogens with one attached hydrogen (secondary N) is 1. The average Bonchev–Trinajstić information content (AvgIpc) is 3.28. The van der Waals surface area contributed by atoms with Gasteiger partial charge < -0.3 is 15.8 Å². The lowest BCUT2D eigenvalue weighted by atomic mass is 9.95. The van der Waals surface area contributed by atoms with Crippen molar-refractivity contribution in [3.05, 3.63) is 0 Å². The van der Waals surface area contributed by atoms with Crippen molar-refractivity contribution in [2.45, 2.75) is 51.6 Å². The van der Waals surface area contributed by atoms with E-state index in [9.17, 15) is 4.79 Å². The van der Waals surface area contributed by atoms with Crippen LogP contribution in [0.1, 0.15) is 40.0 Å². The van der Waals surface area contributed by atoms with Crippen LogP contribution in [0.2, 0.25) is 0 Å². The summed E-state index contributed by atoms with van der Waals surface area (Å²) in [6.45, 7) is 10.5. The van der Waals surface area contributed by atoms with Gasteiger partial charge in [-0.1, -0.05) is 13.8 Å². The molecule has 5 heteroatoms. The van der Waals surface area contributed by atoms with Gasteiger partial charge in [0.05, 0.1) is 18.8 Å². The minimum absolute atomic E-state index is 0.00650. The van der Waals surface area contributed by atoms with Gasteiger partial charge in [-0.25, -0.2) is 0 Å². The number of ether oxygens (including phenoxy) is 1. The predicted molar refractivity (Wildman–Crippen MR) is 84.0 cm³/mol. The van der Waals surface area contributed by atoms with Crippen LogP contribution in [0.5, 0.6) is 0 Å². The summed E-state index contributed by atoms with van der Waals surface area (Å²) in [6.07, 6.45) is 3.25. The van der Waals surface area contributed by atoms with Crippen molar-refractivity contribution in [2.75, 3.05) is 32.8 Å². The maximum Gasteiger partial charge on any atom is 0.240 e. The summed E-state index contributed by atoms with van der Waals surface area (Å²) in [5.41, 5.74) is 5.48. The topological polar surface area (TPSA) is 67.6 Å². The zero-order valence-electron chi connectivity index (χ0n) is 13.7. The molecular weight excluding hydrogens is 266 g/mol. The third kappa shape index (κ3) is 4.66. The first-order valence-corrected chi connectivity index (χ1v) is 8.30. The zero-order chi connectivity index (χ0) is 15.5. The van der Waals surface area contributed by atoms with Crippen LogP contribution in [0, 0.1) is 11.8 Å². The molecule has 1 aliphatic heterocycles. The number of carbonyl (C=O) groups is 1. The molecule has 1 aliphatic carbocycles. The normalized spacial score (nSPS) is 24.6. The van der Waals surface area contributed by atoms with E-state index < -0.39 is 5.54 Å². The van der Waals surface area contributed by atoms with Gasteiger partial charge >= 0.3 is 0 Å². The van der Waals surface area contributed by atoms with E-state index in [0.717, 1.165) is 45.6 Å². The number of hydrogen-bond donors (Lipinski definition) is 2. The molecule has 2 rings (SSSR count). The summed E-state index contributed by atoms with van der Waals surface area (Å²) in [7, 11) is 0. The van der Waals surface area contributed by atoms with Gasteiger partial charge in [0.2, 0.25) is 5.91 Å². The lowest BCUT2D eigenvalue weighted by molar-refractivity contribution is -0.126. The molecule has 2 atom stereocenters. The monoisotopic (exact) mass is 297 g/mol. The maximum atomic E-state index is 12.3. The highest BCUT2D eigenvalue weighted by molar-refractivity contribution is 5.86. The van der Waals surface area contributed by atoms with Crippen molar-refractivity contribution in [1.29, 1.82) is 0 Å². The lowest BCUT2D eigenvalue weighted by Crippen LogP contribution is -2.56. The van der Waals surface area contributed by atoms with Crippen LogP contribution in [-0.4, -0.2) is 55.2 Å². The van der Waals surface area contributed by atoms with Crippen molar-refractivity contribution in [2.24, 2.45) is 17.6 Å². The SMILES string of the molecule is CC(C)CC(CNC(=O)C(C)(N)C1CC1)N1CCOCC1. The molecule has 122 valence electrons. The van der Waals surface area contributed by atoms with Gasteiger partial charge in [-0.15, -0.1) is 0 Å². The summed E-state index contributed by atoms with van der Waals surface area (Å²) >= 11 is 0. The molecule has 3 N–H and O–H groups in total. The molecule has 0 aromatic heterocycles. The molecule has 0 aromatic rings. The fourth-order valence-corrected chi connectivity index (χ4v) is 3.12. The van der Waals surface area contributed by atoms with Crippen molar-refractivity contribution < 1.29 is 9.53 Å². The molecule has 1 heterocycles. The predicted octanol–water partition coefficient (Wildman–Crippen LogP) is 0.977. The number of morpholine rings is 1. The van der Waals surface area contributed by atoms with Gasteiger partial charge in [-0.05, 0) is 38.0 Å². The third-order valence-electron chi connectivity index (χ3n) is 4.72. The summed E-state index contributed by atoms with van der Waals surface area (Å²) in [4.78, 5) is 14.8. The highest BCUT2D eigenvalue weighted by Gasteiger charge is 2.44. The van der Waals surface area contributed by atoms with Crippen molar-refractivity contribution in [3.8, 4) is 0 Å². The second kappa shape index (κ2) is 7.07. The van der Waals surface area contributed by atoms with Crippen LogP contribution in [0.4, 0.5) is 0 Å². The van der Waals surface area contributed by atoms with Crippen molar-refractivity contribution in [3.63, 3.8) is 0 Å². The molecule has 2 unspecified atom stereocenters. The summed E-state index contributed by atoms with van der Waals surface area (Å²) in [6, 6.07) is 0.382. The van der Waals surface area contributed by atoms with Gasteiger partial charge in [-0.2, -0.15) is 0 Å². The minimum atomic E-state index is -0.701. The largest absolute Gasteiger partial charge is 0.379 e. The van der Waals surface area contributed by atoms with Crippen LogP contribution in [-0.2, 0) is 9.53 Å². The molecule has 21 heavy (non-hydrogen) atoms. The van der Waals surface area contributed by atoms with Gasteiger partial charge in [0.1, 0.15) is 0 Å². The zero-order valence-corrected chi connectivity index (χ0v) is 13.7. The molecule has 1 amide bonds. The minimum Gasteiger partial charge on any atom is -0.379 e. The van der Waals surface area contributed by atoms with Crippen LogP contribution >= 0.6 is 0 Å². The Kier molecular flexibility index (Phi) is 5.63. The van der Waals surface area contributed by atoms with E-state index >= 15 is 0 Å². The van der Waals surface area contributed by atoms with Gasteiger partial charge in [-0.3, -0.25) is 9.69 Å². The van der Waals surface area contributed by atoms with Crippen LogP contribution in [0.25, 0.3) is 0 Å². The van der Waals surface area contributed by atoms with E-state index in [1.165, 1.54) is 0 Å². The van der Waals surface area contributed by atoms with E-state index in [1.54, 1.807) is 0 Å². The maximum absolute atomic E-state index is 12.3. The highest BCUT2D eigenvalue weighted by atomic mass is 16.5. The second-order valence-corrected chi connectivity index (χ2v) is 7.20. The Morgan fingerprint density at radius 2 is 2.00 bits per heavy atom. The van der Waals surface area contributed by atoms with E-state index in [2.05, 4.69) is 24.1 Å². The van der Waals surface area contributed by atoms with Gasteiger partial charge in [0.15, 0.2) is 0 Å². The van der Waals surface area contributed by atoms with Crippen molar-refractivity contribution in [1.82, 2.24) is 10.2 Å². The average molecular weight is 297 g/mol. The highest BCUT2D eigenvalue weighted by Crippen LogP contribution is 2.38. The Balaban J connectivity index is 1.87. The Bertz CT molecular complexity index is 347. The first-order chi connectivity index (χ1) is 9.91. The molecule has 1 saturated carbocycles. The first kappa shape index (κ1) is 16.7.